The Hall–Kier alpha value is -0.180. The van der Waals surface area contributed by atoms with E-state index in [0.29, 0.717) is 13.1 Å². The van der Waals surface area contributed by atoms with Crippen molar-refractivity contribution in [1.82, 2.24) is 9.62 Å². The monoisotopic (exact) mass is 312 g/mol. The summed E-state index contributed by atoms with van der Waals surface area (Å²) < 4.78 is 48.4. The van der Waals surface area contributed by atoms with Gasteiger partial charge in [0, 0.05) is 31.4 Å². The molecule has 8 heteroatoms. The van der Waals surface area contributed by atoms with Crippen LogP contribution in [0.2, 0.25) is 0 Å². The molecule has 2 unspecified atom stereocenters. The first-order valence-corrected chi connectivity index (χ1v) is 10.3. The van der Waals surface area contributed by atoms with Crippen LogP contribution in [0.15, 0.2) is 0 Å². The summed E-state index contributed by atoms with van der Waals surface area (Å²) in [6.45, 7) is 5.01. The highest BCUT2D eigenvalue weighted by atomic mass is 32.2. The molecule has 0 aromatic rings. The number of hydrogen-bond donors (Lipinski definition) is 1. The van der Waals surface area contributed by atoms with Crippen LogP contribution in [0.5, 0.6) is 0 Å². The molecule has 19 heavy (non-hydrogen) atoms. The Balaban J connectivity index is 2.82. The van der Waals surface area contributed by atoms with Gasteiger partial charge in [0.25, 0.3) is 0 Å². The maximum absolute atomic E-state index is 12.3. The third kappa shape index (κ3) is 5.02. The summed E-state index contributed by atoms with van der Waals surface area (Å²) in [5, 5.41) is 3.32. The summed E-state index contributed by atoms with van der Waals surface area (Å²) in [6, 6.07) is 0.0724. The second kappa shape index (κ2) is 6.51. The lowest BCUT2D eigenvalue weighted by atomic mass is 10.1. The van der Waals surface area contributed by atoms with Crippen molar-refractivity contribution < 1.29 is 16.8 Å². The van der Waals surface area contributed by atoms with Crippen molar-refractivity contribution in [3.63, 3.8) is 0 Å². The third-order valence-electron chi connectivity index (χ3n) is 3.48. The molecular formula is C11H24N2O4S2. The SMILES string of the molecule is CCC1CN(S(=O)(=O)CCS(C)(=O)=O)C(CC)CN1. The van der Waals surface area contributed by atoms with Crippen LogP contribution in [0.25, 0.3) is 0 Å². The smallest absolute Gasteiger partial charge is 0.215 e. The van der Waals surface area contributed by atoms with E-state index in [1.54, 1.807) is 0 Å². The van der Waals surface area contributed by atoms with E-state index in [2.05, 4.69) is 5.32 Å². The normalized spacial score (nSPS) is 26.5. The maximum Gasteiger partial charge on any atom is 0.215 e. The molecule has 0 radical (unpaired) electrons. The Morgan fingerprint density at radius 3 is 2.21 bits per heavy atom. The maximum atomic E-state index is 12.3. The van der Waals surface area contributed by atoms with Crippen molar-refractivity contribution >= 4 is 19.9 Å². The summed E-state index contributed by atoms with van der Waals surface area (Å²) in [5.74, 6) is -0.634. The quantitative estimate of drug-likeness (QED) is 0.736. The van der Waals surface area contributed by atoms with E-state index >= 15 is 0 Å². The summed E-state index contributed by atoms with van der Waals surface area (Å²) in [5.41, 5.74) is 0. The molecule has 1 N–H and O–H groups in total. The van der Waals surface area contributed by atoms with Crippen molar-refractivity contribution in [2.75, 3.05) is 30.9 Å². The average molecular weight is 312 g/mol. The number of sulfonamides is 1. The van der Waals surface area contributed by atoms with E-state index in [4.69, 9.17) is 0 Å². The Kier molecular flexibility index (Phi) is 5.78. The van der Waals surface area contributed by atoms with Gasteiger partial charge in [0.1, 0.15) is 9.84 Å². The summed E-state index contributed by atoms with van der Waals surface area (Å²) in [6.07, 6.45) is 2.64. The highest BCUT2D eigenvalue weighted by Crippen LogP contribution is 2.17. The largest absolute Gasteiger partial charge is 0.311 e. The predicted octanol–water partition coefficient (Wildman–Crippen LogP) is -0.177. The third-order valence-corrected chi connectivity index (χ3v) is 6.57. The lowest BCUT2D eigenvalue weighted by Crippen LogP contribution is -2.58. The van der Waals surface area contributed by atoms with Gasteiger partial charge in [-0.05, 0) is 12.8 Å². The van der Waals surface area contributed by atoms with Crippen molar-refractivity contribution in [2.45, 2.75) is 38.8 Å². The molecule has 0 aromatic carbocycles. The molecule has 1 saturated heterocycles. The lowest BCUT2D eigenvalue weighted by molar-refractivity contribution is 0.216. The lowest BCUT2D eigenvalue weighted by Gasteiger charge is -2.38. The standard InChI is InChI=1S/C11H24N2O4S2/c1-4-10-9-13(11(5-2)8-12-10)19(16,17)7-6-18(3,14)15/h10-12H,4-9H2,1-3H3. The first-order valence-electron chi connectivity index (χ1n) is 6.60. The van der Waals surface area contributed by atoms with Gasteiger partial charge < -0.3 is 5.32 Å². The van der Waals surface area contributed by atoms with Crippen LogP contribution < -0.4 is 5.32 Å². The van der Waals surface area contributed by atoms with Gasteiger partial charge in [0.05, 0.1) is 11.5 Å². The van der Waals surface area contributed by atoms with E-state index in [1.165, 1.54) is 4.31 Å². The minimum Gasteiger partial charge on any atom is -0.311 e. The van der Waals surface area contributed by atoms with E-state index in [0.717, 1.165) is 19.1 Å². The molecule has 1 aliphatic rings. The van der Waals surface area contributed by atoms with Gasteiger partial charge >= 0.3 is 0 Å². The van der Waals surface area contributed by atoms with Gasteiger partial charge in [-0.3, -0.25) is 0 Å². The molecule has 6 nitrogen and oxygen atoms in total. The number of piperazine rings is 1. The molecule has 1 fully saturated rings. The zero-order valence-electron chi connectivity index (χ0n) is 11.8. The van der Waals surface area contributed by atoms with Gasteiger partial charge in [-0.15, -0.1) is 0 Å². The number of nitrogens with one attached hydrogen (secondary N) is 1. The number of hydrogen-bond acceptors (Lipinski definition) is 5. The molecule has 0 bridgehead atoms. The van der Waals surface area contributed by atoms with Crippen molar-refractivity contribution in [1.29, 1.82) is 0 Å². The van der Waals surface area contributed by atoms with Gasteiger partial charge in [-0.2, -0.15) is 4.31 Å². The molecule has 0 saturated carbocycles. The van der Waals surface area contributed by atoms with E-state index in [1.807, 2.05) is 13.8 Å². The fourth-order valence-corrected chi connectivity index (χ4v) is 5.54. The fraction of sp³-hybridized carbons (Fsp3) is 1.00. The molecule has 0 amide bonds. The summed E-state index contributed by atoms with van der Waals surface area (Å²) in [4.78, 5) is 0. The molecular weight excluding hydrogens is 288 g/mol. The molecule has 0 spiro atoms. The fourth-order valence-electron chi connectivity index (χ4n) is 2.17. The van der Waals surface area contributed by atoms with Crippen LogP contribution in [0, 0.1) is 0 Å². The minimum atomic E-state index is -3.51. The minimum absolute atomic E-state index is 0.0765. The highest BCUT2D eigenvalue weighted by molar-refractivity contribution is 7.93. The van der Waals surface area contributed by atoms with Crippen molar-refractivity contribution in [2.24, 2.45) is 0 Å². The number of nitrogens with zero attached hydrogens (tertiary/aromatic N) is 1. The molecule has 114 valence electrons. The second-order valence-electron chi connectivity index (χ2n) is 5.09. The predicted molar refractivity (Wildman–Crippen MR) is 76.4 cm³/mol. The van der Waals surface area contributed by atoms with Crippen LogP contribution in [0.3, 0.4) is 0 Å². The first-order chi connectivity index (χ1) is 8.69. The number of sulfone groups is 1. The number of rotatable bonds is 6. The Bertz CT molecular complexity index is 487. The molecule has 1 rings (SSSR count). The Morgan fingerprint density at radius 1 is 1.11 bits per heavy atom. The second-order valence-corrected chi connectivity index (χ2v) is 9.39. The van der Waals surface area contributed by atoms with Gasteiger partial charge in [-0.1, -0.05) is 13.8 Å². The van der Waals surface area contributed by atoms with Crippen LogP contribution in [0.1, 0.15) is 26.7 Å². The van der Waals surface area contributed by atoms with Gasteiger partial charge in [-0.25, -0.2) is 16.8 Å². The van der Waals surface area contributed by atoms with E-state index < -0.39 is 19.9 Å². The molecule has 0 aromatic heterocycles. The van der Waals surface area contributed by atoms with Crippen molar-refractivity contribution in [3.05, 3.63) is 0 Å². The molecule has 1 aliphatic heterocycles. The Morgan fingerprint density at radius 2 is 1.74 bits per heavy atom. The van der Waals surface area contributed by atoms with Crippen LogP contribution in [0.4, 0.5) is 0 Å². The van der Waals surface area contributed by atoms with Crippen LogP contribution in [-0.2, 0) is 19.9 Å². The van der Waals surface area contributed by atoms with Gasteiger partial charge in [0.2, 0.25) is 10.0 Å². The Labute approximate surface area is 116 Å². The molecule has 0 aliphatic carbocycles. The first kappa shape index (κ1) is 16.9. The zero-order valence-corrected chi connectivity index (χ0v) is 13.4. The van der Waals surface area contributed by atoms with E-state index in [-0.39, 0.29) is 23.6 Å². The summed E-state index contributed by atoms with van der Waals surface area (Å²) in [7, 11) is -6.77. The topological polar surface area (TPSA) is 83.6 Å². The summed E-state index contributed by atoms with van der Waals surface area (Å²) >= 11 is 0. The van der Waals surface area contributed by atoms with Crippen LogP contribution >= 0.6 is 0 Å². The zero-order chi connectivity index (χ0) is 14.7. The van der Waals surface area contributed by atoms with Crippen molar-refractivity contribution in [3.8, 4) is 0 Å². The van der Waals surface area contributed by atoms with E-state index in [9.17, 15) is 16.8 Å². The molecule has 1 heterocycles. The van der Waals surface area contributed by atoms with Gasteiger partial charge in [0.15, 0.2) is 0 Å². The van der Waals surface area contributed by atoms with Crippen LogP contribution in [-0.4, -0.2) is 64.1 Å². The molecule has 2 atom stereocenters. The highest BCUT2D eigenvalue weighted by Gasteiger charge is 2.34. The average Bonchev–Trinajstić information content (AvgIpc) is 2.35.